The van der Waals surface area contributed by atoms with Crippen molar-refractivity contribution in [2.24, 2.45) is 0 Å². The molecule has 3 rings (SSSR count). The summed E-state index contributed by atoms with van der Waals surface area (Å²) in [5.41, 5.74) is 1.36. The highest BCUT2D eigenvalue weighted by molar-refractivity contribution is 7.98. The molecule has 0 radical (unpaired) electrons. The van der Waals surface area contributed by atoms with Gasteiger partial charge in [-0.1, -0.05) is 38.0 Å². The van der Waals surface area contributed by atoms with Crippen LogP contribution in [0.5, 0.6) is 5.75 Å². The number of unbranched alkanes of at least 4 members (excludes halogenated alkanes) is 1. The lowest BCUT2D eigenvalue weighted by atomic mass is 10.1. The van der Waals surface area contributed by atoms with Crippen LogP contribution in [0.1, 0.15) is 33.1 Å². The summed E-state index contributed by atoms with van der Waals surface area (Å²) in [6, 6.07) is 12.5. The van der Waals surface area contributed by atoms with Crippen molar-refractivity contribution >= 4 is 39.1 Å². The van der Waals surface area contributed by atoms with Gasteiger partial charge in [-0.25, -0.2) is 13.2 Å². The van der Waals surface area contributed by atoms with Gasteiger partial charge in [0.1, 0.15) is 16.9 Å². The number of nitrogens with zero attached hydrogens (tertiary/aromatic N) is 2. The molecule has 0 spiro atoms. The van der Waals surface area contributed by atoms with Crippen LogP contribution in [0.4, 0.5) is 15.8 Å². The monoisotopic (exact) mass is 566 g/mol. The van der Waals surface area contributed by atoms with E-state index in [-0.39, 0.29) is 36.4 Å². The van der Waals surface area contributed by atoms with Gasteiger partial charge in [-0.2, -0.15) is 8.70 Å². The fourth-order valence-electron chi connectivity index (χ4n) is 4.30. The van der Waals surface area contributed by atoms with Crippen LogP contribution in [0.15, 0.2) is 64.3 Å². The Hall–Kier alpha value is -2.60. The van der Waals surface area contributed by atoms with E-state index in [4.69, 9.17) is 9.47 Å². The molecule has 38 heavy (non-hydrogen) atoms. The number of rotatable bonds is 12. The number of halogens is 1. The number of hydrogen-bond acceptors (Lipinski definition) is 8. The number of fused-ring (bicyclic) bond motifs is 1. The molecule has 0 fully saturated rings. The van der Waals surface area contributed by atoms with Gasteiger partial charge >= 0.3 is 5.97 Å². The van der Waals surface area contributed by atoms with E-state index in [1.54, 1.807) is 13.0 Å². The minimum absolute atomic E-state index is 0.0130. The molecule has 0 aliphatic carbocycles. The molecule has 0 bridgehead atoms. The van der Waals surface area contributed by atoms with Gasteiger partial charge in [0, 0.05) is 38.0 Å². The predicted molar refractivity (Wildman–Crippen MR) is 147 cm³/mol. The Morgan fingerprint density at radius 3 is 2.58 bits per heavy atom. The Morgan fingerprint density at radius 2 is 1.95 bits per heavy atom. The van der Waals surface area contributed by atoms with Gasteiger partial charge in [-0.15, -0.1) is 11.8 Å². The second-order valence-corrected chi connectivity index (χ2v) is 11.3. The largest absolute Gasteiger partial charge is 0.461 e. The number of anilines is 2. The first-order chi connectivity index (χ1) is 18.3. The summed E-state index contributed by atoms with van der Waals surface area (Å²) in [4.78, 5) is 14.3. The third-order valence-corrected chi connectivity index (χ3v) is 8.90. The maximum Gasteiger partial charge on any atom is 0.370 e. The normalized spacial score (nSPS) is 17.6. The summed E-state index contributed by atoms with van der Waals surface area (Å²) in [7, 11) is -2.47. The van der Waals surface area contributed by atoms with Crippen molar-refractivity contribution in [3.8, 4) is 5.75 Å². The molecule has 1 atom stereocenters. The van der Waals surface area contributed by atoms with E-state index in [1.807, 2.05) is 41.5 Å². The number of ether oxygens (including phenoxy) is 3. The van der Waals surface area contributed by atoms with Crippen molar-refractivity contribution < 1.29 is 31.8 Å². The first kappa shape index (κ1) is 29.9. The Labute approximate surface area is 228 Å². The average Bonchev–Trinajstić information content (AvgIpc) is 3.01. The molecule has 0 aromatic heterocycles. The predicted octanol–water partition coefficient (Wildman–Crippen LogP) is 5.51. The molecule has 2 aromatic rings. The summed E-state index contributed by atoms with van der Waals surface area (Å²) >= 11 is 1.32. The number of esters is 1. The lowest BCUT2D eigenvalue weighted by Crippen LogP contribution is -2.45. The van der Waals surface area contributed by atoms with Gasteiger partial charge in [-0.3, -0.25) is 0 Å². The van der Waals surface area contributed by atoms with Crippen molar-refractivity contribution in [2.75, 3.05) is 44.6 Å². The standard InChI is InChI=1S/C27H35FN2O6S2/c1-5-7-11-21-18-29(20-12-9-8-10-13-20)23-16-25(37-4)24(36-19-22(28)27(31)35-6-2)17-26(23)38(32,33)30(21)14-15-34-3/h8-10,12-13,16-17,19,21H,5-7,11,14-15,18H2,1-4H3/b22-19-. The first-order valence-corrected chi connectivity index (χ1v) is 15.2. The molecule has 11 heteroatoms. The zero-order valence-electron chi connectivity index (χ0n) is 22.2. The zero-order valence-corrected chi connectivity index (χ0v) is 23.8. The summed E-state index contributed by atoms with van der Waals surface area (Å²) in [5, 5.41) is 0. The molecule has 1 unspecified atom stereocenters. The van der Waals surface area contributed by atoms with E-state index in [2.05, 4.69) is 11.7 Å². The van der Waals surface area contributed by atoms with Crippen LogP contribution in [0.3, 0.4) is 0 Å². The van der Waals surface area contributed by atoms with Gasteiger partial charge in [0.05, 0.1) is 23.8 Å². The third-order valence-electron chi connectivity index (χ3n) is 6.16. The smallest absolute Gasteiger partial charge is 0.370 e. The second-order valence-electron chi connectivity index (χ2n) is 8.63. The van der Waals surface area contributed by atoms with Crippen LogP contribution in [0.2, 0.25) is 0 Å². The number of carbonyl (C=O) groups is 1. The molecule has 2 aromatic carbocycles. The molecule has 0 amide bonds. The lowest BCUT2D eigenvalue weighted by molar-refractivity contribution is -0.140. The number of hydrogen-bond donors (Lipinski definition) is 0. The highest BCUT2D eigenvalue weighted by Gasteiger charge is 2.39. The number of thioether (sulfide) groups is 1. The van der Waals surface area contributed by atoms with E-state index in [9.17, 15) is 17.6 Å². The quantitative estimate of drug-likeness (QED) is 0.144. The van der Waals surface area contributed by atoms with Crippen molar-refractivity contribution in [2.45, 2.75) is 48.9 Å². The number of para-hydroxylation sites is 1. The highest BCUT2D eigenvalue weighted by Crippen LogP contribution is 2.44. The number of methoxy groups -OCH3 is 1. The minimum atomic E-state index is -4.01. The van der Waals surface area contributed by atoms with Gasteiger partial charge < -0.3 is 19.1 Å². The fraction of sp³-hybridized carbons (Fsp3) is 0.444. The number of carbonyl (C=O) groups excluding carboxylic acids is 1. The van der Waals surface area contributed by atoms with Gasteiger partial charge in [0.15, 0.2) is 0 Å². The molecule has 1 aliphatic heterocycles. The molecule has 1 aliphatic rings. The van der Waals surface area contributed by atoms with Gasteiger partial charge in [0.25, 0.3) is 0 Å². The van der Waals surface area contributed by atoms with Crippen molar-refractivity contribution in [3.63, 3.8) is 0 Å². The molecule has 0 N–H and O–H groups in total. The van der Waals surface area contributed by atoms with Crippen LogP contribution in [0.25, 0.3) is 0 Å². The third kappa shape index (κ3) is 6.88. The molecule has 0 saturated carbocycles. The number of sulfonamides is 1. The Balaban J connectivity index is 2.20. The van der Waals surface area contributed by atoms with Gasteiger partial charge in [0.2, 0.25) is 15.9 Å². The van der Waals surface area contributed by atoms with Crippen LogP contribution < -0.4 is 9.64 Å². The summed E-state index contributed by atoms with van der Waals surface area (Å²) in [6.07, 6.45) is 4.94. The Kier molecular flexibility index (Phi) is 11.0. The molecular formula is C27H35FN2O6S2. The maximum absolute atomic E-state index is 14.2. The molecule has 208 valence electrons. The zero-order chi connectivity index (χ0) is 27.7. The van der Waals surface area contributed by atoms with E-state index >= 15 is 0 Å². The molecule has 8 nitrogen and oxygen atoms in total. The summed E-state index contributed by atoms with van der Waals surface area (Å²) < 4.78 is 59.5. The van der Waals surface area contributed by atoms with E-state index < -0.39 is 21.8 Å². The lowest BCUT2D eigenvalue weighted by Gasteiger charge is -2.31. The number of benzene rings is 2. The van der Waals surface area contributed by atoms with E-state index in [0.717, 1.165) is 18.5 Å². The van der Waals surface area contributed by atoms with Crippen molar-refractivity contribution in [1.29, 1.82) is 0 Å². The van der Waals surface area contributed by atoms with Crippen molar-refractivity contribution in [1.82, 2.24) is 4.31 Å². The first-order valence-electron chi connectivity index (χ1n) is 12.5. The van der Waals surface area contributed by atoms with Crippen LogP contribution in [0, 0.1) is 0 Å². The van der Waals surface area contributed by atoms with E-state index in [1.165, 1.54) is 29.2 Å². The van der Waals surface area contributed by atoms with E-state index in [0.29, 0.717) is 29.8 Å². The Morgan fingerprint density at radius 1 is 1.21 bits per heavy atom. The molecule has 1 heterocycles. The SMILES string of the molecule is CCCCC1CN(c2ccccc2)c2cc(SC)c(O/C=C(\F)C(=O)OCC)cc2S(=O)(=O)N1CCOC. The maximum atomic E-state index is 14.2. The average molecular weight is 567 g/mol. The molecular weight excluding hydrogens is 531 g/mol. The van der Waals surface area contributed by atoms with Gasteiger partial charge in [-0.05, 0) is 37.8 Å². The molecule has 0 saturated heterocycles. The minimum Gasteiger partial charge on any atom is -0.461 e. The fourth-order valence-corrected chi connectivity index (χ4v) is 6.66. The highest BCUT2D eigenvalue weighted by atomic mass is 32.2. The van der Waals surface area contributed by atoms with Crippen molar-refractivity contribution in [3.05, 3.63) is 54.6 Å². The van der Waals surface area contributed by atoms with Crippen LogP contribution >= 0.6 is 11.8 Å². The summed E-state index contributed by atoms with van der Waals surface area (Å²) in [6.45, 7) is 4.53. The van der Waals surface area contributed by atoms with Crippen LogP contribution in [-0.4, -0.2) is 64.4 Å². The topological polar surface area (TPSA) is 85.4 Å². The van der Waals surface area contributed by atoms with Crippen LogP contribution in [-0.2, 0) is 24.3 Å². The Bertz CT molecular complexity index is 1220. The second kappa shape index (κ2) is 14.0. The summed E-state index contributed by atoms with van der Waals surface area (Å²) in [5.74, 6) is -2.25.